The highest BCUT2D eigenvalue weighted by molar-refractivity contribution is 5.43. The number of nitrogens with zero attached hydrogens (tertiary/aromatic N) is 4. The van der Waals surface area contributed by atoms with Crippen LogP contribution < -0.4 is 4.74 Å². The molecule has 0 spiro atoms. The van der Waals surface area contributed by atoms with E-state index in [1.165, 1.54) is 16.7 Å². The van der Waals surface area contributed by atoms with Crippen molar-refractivity contribution in [1.29, 1.82) is 0 Å². The van der Waals surface area contributed by atoms with Gasteiger partial charge in [0, 0.05) is 64.3 Å². The molecule has 0 bridgehead atoms. The molecule has 0 radical (unpaired) electrons. The molecule has 28 heavy (non-hydrogen) atoms. The lowest BCUT2D eigenvalue weighted by atomic mass is 10.00. The Labute approximate surface area is 168 Å². The second-order valence-electron chi connectivity index (χ2n) is 7.74. The first-order chi connectivity index (χ1) is 13.6. The van der Waals surface area contributed by atoms with Crippen molar-refractivity contribution >= 4 is 0 Å². The topological polar surface area (TPSA) is 53.8 Å². The Kier molecular flexibility index (Phi) is 7.48. The first-order valence-corrected chi connectivity index (χ1v) is 10.3. The maximum Gasteiger partial charge on any atom is 0.122 e. The van der Waals surface area contributed by atoms with E-state index in [0.717, 1.165) is 57.9 Å². The molecule has 154 valence electrons. The molecule has 1 aromatic heterocycles. The average molecular weight is 387 g/mol. The number of hydrogen-bond donors (Lipinski definition) is 1. The lowest BCUT2D eigenvalue weighted by molar-refractivity contribution is 0.0524. The largest absolute Gasteiger partial charge is 0.496 e. The minimum atomic E-state index is 0.239. The quantitative estimate of drug-likeness (QED) is 0.718. The molecular weight excluding hydrogens is 352 g/mol. The zero-order chi connectivity index (χ0) is 19.9. The maximum atomic E-state index is 9.58. The van der Waals surface area contributed by atoms with E-state index in [-0.39, 0.29) is 6.61 Å². The predicted octanol–water partition coefficient (Wildman–Crippen LogP) is 2.47. The predicted molar refractivity (Wildman–Crippen MR) is 112 cm³/mol. The molecule has 1 fully saturated rings. The van der Waals surface area contributed by atoms with Gasteiger partial charge in [0.05, 0.1) is 7.11 Å². The Morgan fingerprint density at radius 1 is 1.18 bits per heavy atom. The van der Waals surface area contributed by atoms with Crippen LogP contribution >= 0.6 is 0 Å². The number of ether oxygens (including phenoxy) is 1. The van der Waals surface area contributed by atoms with Crippen molar-refractivity contribution in [1.82, 2.24) is 19.6 Å². The Hall–Kier alpha value is -1.89. The minimum absolute atomic E-state index is 0.239. The van der Waals surface area contributed by atoms with Crippen LogP contribution in [-0.4, -0.2) is 70.6 Å². The van der Waals surface area contributed by atoms with E-state index < -0.39 is 0 Å². The molecule has 3 rings (SSSR count). The van der Waals surface area contributed by atoms with Gasteiger partial charge in [0.2, 0.25) is 0 Å². The van der Waals surface area contributed by atoms with E-state index in [1.54, 1.807) is 7.11 Å². The molecule has 1 aliphatic heterocycles. The number of benzene rings is 1. The highest BCUT2D eigenvalue weighted by Gasteiger charge is 2.27. The van der Waals surface area contributed by atoms with Crippen molar-refractivity contribution in [2.75, 3.05) is 39.9 Å². The molecule has 0 saturated carbocycles. The van der Waals surface area contributed by atoms with Crippen LogP contribution in [0.4, 0.5) is 0 Å². The van der Waals surface area contributed by atoms with Crippen molar-refractivity contribution < 1.29 is 9.84 Å². The third kappa shape index (κ3) is 5.13. The third-order valence-electron chi connectivity index (χ3n) is 6.01. The SMILES string of the molecule is COc1ccc(CN2CCN(CCCn3cccn3)C[C@@H]2CCO)c(C)c1C. The summed E-state index contributed by atoms with van der Waals surface area (Å²) in [5.74, 6) is 0.954. The number of aromatic nitrogens is 2. The molecule has 1 aromatic carbocycles. The van der Waals surface area contributed by atoms with E-state index in [4.69, 9.17) is 4.74 Å². The summed E-state index contributed by atoms with van der Waals surface area (Å²) in [4.78, 5) is 5.07. The summed E-state index contributed by atoms with van der Waals surface area (Å²) in [7, 11) is 1.73. The summed E-state index contributed by atoms with van der Waals surface area (Å²) in [6, 6.07) is 6.63. The monoisotopic (exact) mass is 386 g/mol. The van der Waals surface area contributed by atoms with E-state index in [2.05, 4.69) is 40.9 Å². The first-order valence-electron chi connectivity index (χ1n) is 10.3. The lowest BCUT2D eigenvalue weighted by Gasteiger charge is -2.41. The summed E-state index contributed by atoms with van der Waals surface area (Å²) in [5.41, 5.74) is 3.88. The number of rotatable bonds is 9. The molecule has 0 amide bonds. The molecule has 1 atom stereocenters. The summed E-state index contributed by atoms with van der Waals surface area (Å²) < 4.78 is 7.45. The first kappa shape index (κ1) is 20.8. The summed E-state index contributed by atoms with van der Waals surface area (Å²) >= 11 is 0. The molecule has 0 aliphatic carbocycles. The van der Waals surface area contributed by atoms with Crippen molar-refractivity contribution in [2.45, 2.75) is 45.8 Å². The fraction of sp³-hybridized carbons (Fsp3) is 0.591. The normalized spacial score (nSPS) is 18.5. The van der Waals surface area contributed by atoms with Gasteiger partial charge < -0.3 is 14.7 Å². The average Bonchev–Trinajstić information content (AvgIpc) is 3.21. The van der Waals surface area contributed by atoms with Crippen molar-refractivity contribution in [3.05, 3.63) is 47.3 Å². The van der Waals surface area contributed by atoms with Gasteiger partial charge in [-0.3, -0.25) is 9.58 Å². The van der Waals surface area contributed by atoms with Crippen LogP contribution in [0.2, 0.25) is 0 Å². The Morgan fingerprint density at radius 3 is 2.75 bits per heavy atom. The van der Waals surface area contributed by atoms with Gasteiger partial charge in [-0.05, 0) is 55.5 Å². The number of hydrogen-bond acceptors (Lipinski definition) is 5. The zero-order valence-electron chi connectivity index (χ0n) is 17.5. The fourth-order valence-corrected chi connectivity index (χ4v) is 4.14. The third-order valence-corrected chi connectivity index (χ3v) is 6.01. The van der Waals surface area contributed by atoms with Crippen LogP contribution in [0.15, 0.2) is 30.6 Å². The molecule has 1 aliphatic rings. The van der Waals surface area contributed by atoms with Gasteiger partial charge in [-0.2, -0.15) is 5.10 Å². The van der Waals surface area contributed by atoms with Crippen molar-refractivity contribution in [2.24, 2.45) is 0 Å². The van der Waals surface area contributed by atoms with Crippen molar-refractivity contribution in [3.63, 3.8) is 0 Å². The van der Waals surface area contributed by atoms with E-state index in [1.807, 2.05) is 23.1 Å². The number of aliphatic hydroxyl groups is 1. The van der Waals surface area contributed by atoms with E-state index >= 15 is 0 Å². The van der Waals surface area contributed by atoms with Gasteiger partial charge in [0.25, 0.3) is 0 Å². The number of methoxy groups -OCH3 is 1. The molecule has 0 unspecified atom stereocenters. The molecule has 6 heteroatoms. The number of piperazine rings is 1. The Bertz CT molecular complexity index is 732. The van der Waals surface area contributed by atoms with Gasteiger partial charge in [0.1, 0.15) is 5.75 Å². The summed E-state index contributed by atoms with van der Waals surface area (Å²) in [6.07, 6.45) is 5.78. The highest BCUT2D eigenvalue weighted by Crippen LogP contribution is 2.26. The van der Waals surface area contributed by atoms with Gasteiger partial charge in [-0.15, -0.1) is 0 Å². The molecule has 1 N–H and O–H groups in total. The number of aryl methyl sites for hydroxylation is 1. The molecule has 6 nitrogen and oxygen atoms in total. The second kappa shape index (κ2) is 10.0. The van der Waals surface area contributed by atoms with E-state index in [0.29, 0.717) is 6.04 Å². The van der Waals surface area contributed by atoms with E-state index in [9.17, 15) is 5.11 Å². The summed E-state index contributed by atoms with van der Waals surface area (Å²) in [5, 5.41) is 13.9. The van der Waals surface area contributed by atoms with Crippen LogP contribution in [0.5, 0.6) is 5.75 Å². The van der Waals surface area contributed by atoms with Crippen LogP contribution in [-0.2, 0) is 13.1 Å². The molecule has 1 saturated heterocycles. The van der Waals surface area contributed by atoms with Gasteiger partial charge in [-0.25, -0.2) is 0 Å². The fourth-order valence-electron chi connectivity index (χ4n) is 4.14. The van der Waals surface area contributed by atoms with Gasteiger partial charge >= 0.3 is 0 Å². The maximum absolute atomic E-state index is 9.58. The highest BCUT2D eigenvalue weighted by atomic mass is 16.5. The van der Waals surface area contributed by atoms with Gasteiger partial charge in [-0.1, -0.05) is 6.07 Å². The van der Waals surface area contributed by atoms with Crippen LogP contribution in [0, 0.1) is 13.8 Å². The zero-order valence-corrected chi connectivity index (χ0v) is 17.5. The standard InChI is InChI=1S/C22H34N4O2/c1-18-19(2)22(28-3)7-6-20(18)16-25-14-13-24(17-21(25)8-15-27)10-5-12-26-11-4-9-23-26/h4,6-7,9,11,21,27H,5,8,10,12-17H2,1-3H3/t21-/m0/s1. The van der Waals surface area contributed by atoms with Gasteiger partial charge in [0.15, 0.2) is 0 Å². The van der Waals surface area contributed by atoms with Crippen LogP contribution in [0.25, 0.3) is 0 Å². The number of aliphatic hydroxyl groups excluding tert-OH is 1. The molecule has 2 heterocycles. The minimum Gasteiger partial charge on any atom is -0.496 e. The second-order valence-corrected chi connectivity index (χ2v) is 7.74. The van der Waals surface area contributed by atoms with Crippen molar-refractivity contribution in [3.8, 4) is 5.75 Å². The lowest BCUT2D eigenvalue weighted by Crippen LogP contribution is -2.53. The molecule has 2 aromatic rings. The smallest absolute Gasteiger partial charge is 0.122 e. The van der Waals surface area contributed by atoms with Crippen LogP contribution in [0.3, 0.4) is 0 Å². The Morgan fingerprint density at radius 2 is 2.04 bits per heavy atom. The summed E-state index contributed by atoms with van der Waals surface area (Å²) in [6.45, 7) is 10.7. The molecular formula is C22H34N4O2. The van der Waals surface area contributed by atoms with Crippen LogP contribution in [0.1, 0.15) is 29.5 Å². The Balaban J connectivity index is 1.57.